The molecule has 0 fully saturated rings. The Morgan fingerprint density at radius 2 is 1.94 bits per heavy atom. The Balaban J connectivity index is 2.99. The Kier molecular flexibility index (Phi) is 5.06. The van der Waals surface area contributed by atoms with E-state index in [0.717, 1.165) is 35.2 Å². The fourth-order valence-electron chi connectivity index (χ4n) is 1.33. The Morgan fingerprint density at radius 1 is 1.25 bits per heavy atom. The van der Waals surface area contributed by atoms with Gasteiger partial charge < -0.3 is 5.32 Å². The summed E-state index contributed by atoms with van der Waals surface area (Å²) in [6.45, 7) is 11.4. The number of hydrogen-bond acceptors (Lipinski definition) is 4. The molecule has 1 aromatic rings. The van der Waals surface area contributed by atoms with Gasteiger partial charge in [0.15, 0.2) is 0 Å². The molecule has 1 atom stereocenters. The molecule has 1 aromatic heterocycles. The second-order valence-electron chi connectivity index (χ2n) is 3.92. The van der Waals surface area contributed by atoms with Crippen LogP contribution in [0.15, 0.2) is 5.03 Å². The zero-order chi connectivity index (χ0) is 12.1. The molecule has 3 nitrogen and oxygen atoms in total. The molecule has 16 heavy (non-hydrogen) atoms. The molecule has 0 bridgehead atoms. The summed E-state index contributed by atoms with van der Waals surface area (Å²) in [6.07, 6.45) is 1.16. The predicted octanol–water partition coefficient (Wildman–Crippen LogP) is 3.42. The van der Waals surface area contributed by atoms with Crippen molar-refractivity contribution in [2.75, 3.05) is 11.9 Å². The van der Waals surface area contributed by atoms with Crippen molar-refractivity contribution in [3.63, 3.8) is 0 Å². The molecular weight excluding hydrogens is 218 g/mol. The summed E-state index contributed by atoms with van der Waals surface area (Å²) in [5.74, 6) is 1.81. The van der Waals surface area contributed by atoms with Gasteiger partial charge in [-0.1, -0.05) is 13.8 Å². The monoisotopic (exact) mass is 239 g/mol. The highest BCUT2D eigenvalue weighted by atomic mass is 32.2. The minimum absolute atomic E-state index is 0.600. The van der Waals surface area contributed by atoms with Crippen LogP contribution in [0, 0.1) is 13.8 Å². The standard InChI is InChI=1S/C12H21N3S/c1-6-8(3)16-12-9(4)11(13-7-2)14-10(5)15-12/h8H,6-7H2,1-5H3,(H,13,14,15). The van der Waals surface area contributed by atoms with Gasteiger partial charge in [0.25, 0.3) is 0 Å². The molecular formula is C12H21N3S. The van der Waals surface area contributed by atoms with Crippen molar-refractivity contribution in [1.29, 1.82) is 0 Å². The Morgan fingerprint density at radius 3 is 2.50 bits per heavy atom. The first-order valence-corrected chi connectivity index (χ1v) is 6.72. The maximum Gasteiger partial charge on any atom is 0.133 e. The van der Waals surface area contributed by atoms with Crippen LogP contribution in [0.1, 0.15) is 38.6 Å². The van der Waals surface area contributed by atoms with Crippen molar-refractivity contribution in [3.05, 3.63) is 11.4 Å². The van der Waals surface area contributed by atoms with Gasteiger partial charge >= 0.3 is 0 Å². The number of thioether (sulfide) groups is 1. The van der Waals surface area contributed by atoms with Crippen molar-refractivity contribution in [3.8, 4) is 0 Å². The van der Waals surface area contributed by atoms with E-state index in [1.54, 1.807) is 0 Å². The number of aromatic nitrogens is 2. The largest absolute Gasteiger partial charge is 0.370 e. The molecule has 4 heteroatoms. The second kappa shape index (κ2) is 6.09. The predicted molar refractivity (Wildman–Crippen MR) is 71.3 cm³/mol. The first-order chi connectivity index (χ1) is 7.58. The van der Waals surface area contributed by atoms with E-state index in [9.17, 15) is 0 Å². The van der Waals surface area contributed by atoms with Gasteiger partial charge in [0.1, 0.15) is 16.7 Å². The second-order valence-corrected chi connectivity index (χ2v) is 5.34. The zero-order valence-electron chi connectivity index (χ0n) is 10.8. The van der Waals surface area contributed by atoms with Crippen molar-refractivity contribution < 1.29 is 0 Å². The number of rotatable bonds is 5. The fraction of sp³-hybridized carbons (Fsp3) is 0.667. The summed E-state index contributed by atoms with van der Waals surface area (Å²) >= 11 is 1.83. The van der Waals surface area contributed by atoms with Crippen LogP contribution < -0.4 is 5.32 Å². The lowest BCUT2D eigenvalue weighted by atomic mass is 10.3. The summed E-state index contributed by atoms with van der Waals surface area (Å²) < 4.78 is 0. The van der Waals surface area contributed by atoms with E-state index in [0.29, 0.717) is 5.25 Å². The van der Waals surface area contributed by atoms with Gasteiger partial charge in [0.2, 0.25) is 0 Å². The average Bonchev–Trinajstić information content (AvgIpc) is 2.25. The van der Waals surface area contributed by atoms with Crippen LogP contribution in [0.4, 0.5) is 5.82 Å². The highest BCUT2D eigenvalue weighted by molar-refractivity contribution is 7.99. The summed E-state index contributed by atoms with van der Waals surface area (Å²) in [4.78, 5) is 8.94. The minimum atomic E-state index is 0.600. The van der Waals surface area contributed by atoms with E-state index in [-0.39, 0.29) is 0 Å². The molecule has 0 amide bonds. The Hall–Kier alpha value is -0.770. The summed E-state index contributed by atoms with van der Waals surface area (Å²) in [6, 6.07) is 0. The molecule has 0 aliphatic rings. The smallest absolute Gasteiger partial charge is 0.133 e. The van der Waals surface area contributed by atoms with E-state index in [2.05, 4.69) is 43.0 Å². The third-order valence-electron chi connectivity index (χ3n) is 2.44. The number of hydrogen-bond donors (Lipinski definition) is 1. The van der Waals surface area contributed by atoms with Crippen molar-refractivity contribution in [2.45, 2.75) is 51.3 Å². The molecule has 1 heterocycles. The van der Waals surface area contributed by atoms with Crippen LogP contribution >= 0.6 is 11.8 Å². The third-order valence-corrected chi connectivity index (χ3v) is 3.80. The third kappa shape index (κ3) is 3.37. The van der Waals surface area contributed by atoms with Crippen molar-refractivity contribution >= 4 is 17.6 Å². The lowest BCUT2D eigenvalue weighted by Crippen LogP contribution is -2.06. The molecule has 1 rings (SSSR count). The molecule has 0 saturated heterocycles. The molecule has 0 aromatic carbocycles. The van der Waals surface area contributed by atoms with Crippen molar-refractivity contribution in [1.82, 2.24) is 9.97 Å². The van der Waals surface area contributed by atoms with Crippen LogP contribution in [0.3, 0.4) is 0 Å². The molecule has 0 aliphatic heterocycles. The van der Waals surface area contributed by atoms with Gasteiger partial charge in [0, 0.05) is 17.4 Å². The van der Waals surface area contributed by atoms with Crippen LogP contribution in [0.2, 0.25) is 0 Å². The molecule has 1 N–H and O–H groups in total. The van der Waals surface area contributed by atoms with Gasteiger partial charge in [-0.2, -0.15) is 0 Å². The molecule has 0 aliphatic carbocycles. The van der Waals surface area contributed by atoms with E-state index < -0.39 is 0 Å². The number of nitrogens with one attached hydrogen (secondary N) is 1. The maximum atomic E-state index is 4.52. The molecule has 0 radical (unpaired) electrons. The quantitative estimate of drug-likeness (QED) is 0.631. The van der Waals surface area contributed by atoms with Gasteiger partial charge in [0.05, 0.1) is 0 Å². The first kappa shape index (κ1) is 13.3. The van der Waals surface area contributed by atoms with E-state index in [1.165, 1.54) is 0 Å². The lowest BCUT2D eigenvalue weighted by Gasteiger charge is -2.14. The van der Waals surface area contributed by atoms with Gasteiger partial charge in [-0.25, -0.2) is 9.97 Å². The molecule has 0 spiro atoms. The van der Waals surface area contributed by atoms with Crippen LogP contribution in [0.5, 0.6) is 0 Å². The summed E-state index contributed by atoms with van der Waals surface area (Å²) in [5, 5.41) is 4.99. The Labute approximate surface area is 102 Å². The summed E-state index contributed by atoms with van der Waals surface area (Å²) in [7, 11) is 0. The average molecular weight is 239 g/mol. The fourth-order valence-corrected chi connectivity index (χ4v) is 2.34. The van der Waals surface area contributed by atoms with Gasteiger partial charge in [-0.15, -0.1) is 11.8 Å². The van der Waals surface area contributed by atoms with Crippen LogP contribution in [0.25, 0.3) is 0 Å². The topological polar surface area (TPSA) is 37.8 Å². The van der Waals surface area contributed by atoms with E-state index in [4.69, 9.17) is 0 Å². The maximum absolute atomic E-state index is 4.52. The minimum Gasteiger partial charge on any atom is -0.370 e. The van der Waals surface area contributed by atoms with Crippen molar-refractivity contribution in [2.24, 2.45) is 0 Å². The number of aryl methyl sites for hydroxylation is 1. The number of nitrogens with zero attached hydrogens (tertiary/aromatic N) is 2. The molecule has 0 saturated carbocycles. The SMILES string of the molecule is CCNc1nc(C)nc(SC(C)CC)c1C. The van der Waals surface area contributed by atoms with E-state index >= 15 is 0 Å². The molecule has 1 unspecified atom stereocenters. The van der Waals surface area contributed by atoms with Crippen LogP contribution in [-0.4, -0.2) is 21.8 Å². The lowest BCUT2D eigenvalue weighted by molar-refractivity contribution is 0.885. The zero-order valence-corrected chi connectivity index (χ0v) is 11.6. The highest BCUT2D eigenvalue weighted by Crippen LogP contribution is 2.29. The van der Waals surface area contributed by atoms with Gasteiger partial charge in [-0.05, 0) is 27.2 Å². The highest BCUT2D eigenvalue weighted by Gasteiger charge is 2.11. The number of anilines is 1. The Bertz CT molecular complexity index is 352. The van der Waals surface area contributed by atoms with E-state index in [1.807, 2.05) is 18.7 Å². The van der Waals surface area contributed by atoms with Gasteiger partial charge in [-0.3, -0.25) is 0 Å². The summed E-state index contributed by atoms with van der Waals surface area (Å²) in [5.41, 5.74) is 1.16. The molecule has 90 valence electrons. The normalized spacial score (nSPS) is 12.6. The van der Waals surface area contributed by atoms with Crippen LogP contribution in [-0.2, 0) is 0 Å². The first-order valence-electron chi connectivity index (χ1n) is 5.84.